The lowest BCUT2D eigenvalue weighted by Gasteiger charge is -2.22. The highest BCUT2D eigenvalue weighted by Crippen LogP contribution is 2.29. The van der Waals surface area contributed by atoms with Crippen LogP contribution >= 0.6 is 22.7 Å². The molecule has 25 heavy (non-hydrogen) atoms. The maximum absolute atomic E-state index is 12.7. The van der Waals surface area contributed by atoms with E-state index in [1.807, 2.05) is 22.0 Å². The molecule has 0 aliphatic carbocycles. The first-order valence-electron chi connectivity index (χ1n) is 7.84. The van der Waals surface area contributed by atoms with Crippen LogP contribution in [0.15, 0.2) is 17.6 Å². The third-order valence-corrected chi connectivity index (χ3v) is 5.99. The molecule has 1 saturated heterocycles. The second-order valence-electron chi connectivity index (χ2n) is 6.01. The Labute approximate surface area is 149 Å². The Morgan fingerprint density at radius 2 is 2.08 bits per heavy atom. The van der Waals surface area contributed by atoms with Crippen LogP contribution < -0.4 is 0 Å². The number of fused-ring (bicyclic) bond motifs is 3. The SMILES string of the molecule is O=C(c1cc2c(nc3sccn32)s1)N1CCCN(CC(F)(F)F)CC1. The Balaban J connectivity index is 1.49. The fraction of sp³-hybridized carbons (Fsp3) is 0.467. The van der Waals surface area contributed by atoms with Gasteiger partial charge in [-0.2, -0.15) is 13.2 Å². The minimum absolute atomic E-state index is 0.124. The van der Waals surface area contributed by atoms with Crippen molar-refractivity contribution < 1.29 is 18.0 Å². The number of amides is 1. The number of carbonyl (C=O) groups is 1. The summed E-state index contributed by atoms with van der Waals surface area (Å²) in [6.45, 7) is 0.464. The van der Waals surface area contributed by atoms with Crippen molar-refractivity contribution in [2.75, 3.05) is 32.7 Å². The van der Waals surface area contributed by atoms with Crippen LogP contribution in [0.1, 0.15) is 16.1 Å². The molecule has 1 aliphatic rings. The number of hydrogen-bond acceptors (Lipinski definition) is 5. The molecule has 3 aromatic heterocycles. The van der Waals surface area contributed by atoms with Crippen LogP contribution in [0.25, 0.3) is 15.3 Å². The first-order chi connectivity index (χ1) is 11.9. The van der Waals surface area contributed by atoms with Crippen molar-refractivity contribution in [3.8, 4) is 0 Å². The highest BCUT2D eigenvalue weighted by atomic mass is 32.1. The molecule has 0 aromatic carbocycles. The molecule has 0 bridgehead atoms. The van der Waals surface area contributed by atoms with Gasteiger partial charge in [-0.05, 0) is 12.5 Å². The van der Waals surface area contributed by atoms with Gasteiger partial charge in [0, 0.05) is 37.8 Å². The molecule has 5 nitrogen and oxygen atoms in total. The van der Waals surface area contributed by atoms with E-state index in [0.29, 0.717) is 30.9 Å². The largest absolute Gasteiger partial charge is 0.401 e. The van der Waals surface area contributed by atoms with E-state index in [1.165, 1.54) is 27.6 Å². The fourth-order valence-corrected chi connectivity index (χ4v) is 4.86. The summed E-state index contributed by atoms with van der Waals surface area (Å²) in [5, 5.41) is 1.94. The number of alkyl halides is 3. The standard InChI is InChI=1S/C15H15F3N4OS2/c16-15(17,18)9-20-2-1-3-21(5-4-20)13(23)11-8-10-12(25-11)19-14-22(10)6-7-24-14/h6-8H,1-5,9H2. The average Bonchev–Trinajstić information content (AvgIpc) is 3.15. The lowest BCUT2D eigenvalue weighted by Crippen LogP contribution is -2.38. The number of rotatable bonds is 2. The van der Waals surface area contributed by atoms with Gasteiger partial charge in [-0.3, -0.25) is 14.1 Å². The van der Waals surface area contributed by atoms with E-state index in [-0.39, 0.29) is 12.5 Å². The summed E-state index contributed by atoms with van der Waals surface area (Å²) in [4.78, 5) is 22.5. The Bertz CT molecular complexity index is 913. The molecule has 0 spiro atoms. The number of imidazole rings is 1. The Morgan fingerprint density at radius 3 is 2.88 bits per heavy atom. The van der Waals surface area contributed by atoms with Crippen LogP contribution in [0, 0.1) is 0 Å². The maximum atomic E-state index is 12.7. The molecule has 0 unspecified atom stereocenters. The number of thiazole rings is 1. The summed E-state index contributed by atoms with van der Waals surface area (Å²) in [7, 11) is 0. The predicted molar refractivity (Wildman–Crippen MR) is 91.5 cm³/mol. The molecule has 1 fully saturated rings. The Morgan fingerprint density at radius 1 is 1.24 bits per heavy atom. The summed E-state index contributed by atoms with van der Waals surface area (Å²) in [5.74, 6) is -0.124. The van der Waals surface area contributed by atoms with E-state index in [9.17, 15) is 18.0 Å². The Kier molecular flexibility index (Phi) is 4.20. The molecule has 1 amide bonds. The van der Waals surface area contributed by atoms with Gasteiger partial charge < -0.3 is 4.90 Å². The van der Waals surface area contributed by atoms with Crippen molar-refractivity contribution in [3.05, 3.63) is 22.5 Å². The molecule has 10 heteroatoms. The molecule has 4 heterocycles. The number of thiophene rings is 1. The monoisotopic (exact) mass is 388 g/mol. The van der Waals surface area contributed by atoms with Crippen LogP contribution in [-0.2, 0) is 0 Å². The van der Waals surface area contributed by atoms with Gasteiger partial charge in [0.15, 0.2) is 4.96 Å². The summed E-state index contributed by atoms with van der Waals surface area (Å²) in [6, 6.07) is 1.83. The van der Waals surface area contributed by atoms with E-state index < -0.39 is 12.7 Å². The fourth-order valence-electron chi connectivity index (χ4n) is 3.09. The van der Waals surface area contributed by atoms with Crippen LogP contribution in [0.2, 0.25) is 0 Å². The quantitative estimate of drug-likeness (QED) is 0.676. The summed E-state index contributed by atoms with van der Waals surface area (Å²) in [5.41, 5.74) is 0.901. The third kappa shape index (κ3) is 3.38. The van der Waals surface area contributed by atoms with E-state index in [0.717, 1.165) is 15.3 Å². The molecule has 134 valence electrons. The number of aromatic nitrogens is 2. The van der Waals surface area contributed by atoms with Crippen molar-refractivity contribution in [1.29, 1.82) is 0 Å². The molecule has 0 saturated carbocycles. The molecular weight excluding hydrogens is 373 g/mol. The molecule has 0 N–H and O–H groups in total. The topological polar surface area (TPSA) is 40.9 Å². The first kappa shape index (κ1) is 16.8. The van der Waals surface area contributed by atoms with Gasteiger partial charge in [-0.15, -0.1) is 22.7 Å². The van der Waals surface area contributed by atoms with Crippen LogP contribution in [0.5, 0.6) is 0 Å². The average molecular weight is 388 g/mol. The van der Waals surface area contributed by atoms with Crippen LogP contribution in [-0.4, -0.2) is 64.0 Å². The van der Waals surface area contributed by atoms with E-state index in [2.05, 4.69) is 4.98 Å². The lowest BCUT2D eigenvalue weighted by atomic mass is 10.3. The zero-order chi connectivity index (χ0) is 17.6. The van der Waals surface area contributed by atoms with Gasteiger partial charge >= 0.3 is 6.18 Å². The van der Waals surface area contributed by atoms with Gasteiger partial charge in [0.1, 0.15) is 4.83 Å². The van der Waals surface area contributed by atoms with Gasteiger partial charge in [-0.1, -0.05) is 0 Å². The second kappa shape index (κ2) is 6.26. The normalized spacial score (nSPS) is 17.5. The lowest BCUT2D eigenvalue weighted by molar-refractivity contribution is -0.145. The minimum atomic E-state index is -4.20. The highest BCUT2D eigenvalue weighted by Gasteiger charge is 2.32. The smallest absolute Gasteiger partial charge is 0.337 e. The number of nitrogens with zero attached hydrogens (tertiary/aromatic N) is 4. The Hall–Kier alpha value is -1.65. The van der Waals surface area contributed by atoms with Crippen molar-refractivity contribution >= 4 is 43.9 Å². The van der Waals surface area contributed by atoms with Gasteiger partial charge in [0.25, 0.3) is 5.91 Å². The van der Waals surface area contributed by atoms with E-state index in [1.54, 1.807) is 4.90 Å². The van der Waals surface area contributed by atoms with E-state index >= 15 is 0 Å². The predicted octanol–water partition coefficient (Wildman–Crippen LogP) is 3.32. The summed E-state index contributed by atoms with van der Waals surface area (Å²) >= 11 is 2.87. The van der Waals surface area contributed by atoms with Crippen LogP contribution in [0.4, 0.5) is 13.2 Å². The molecule has 1 aliphatic heterocycles. The van der Waals surface area contributed by atoms with Gasteiger partial charge in [0.05, 0.1) is 16.9 Å². The summed E-state index contributed by atoms with van der Waals surface area (Å²) in [6.07, 6.45) is -1.75. The van der Waals surface area contributed by atoms with Gasteiger partial charge in [-0.25, -0.2) is 4.98 Å². The molecule has 0 radical (unpaired) electrons. The van der Waals surface area contributed by atoms with Crippen molar-refractivity contribution in [2.45, 2.75) is 12.6 Å². The molecule has 0 atom stereocenters. The van der Waals surface area contributed by atoms with E-state index in [4.69, 9.17) is 0 Å². The van der Waals surface area contributed by atoms with Gasteiger partial charge in [0.2, 0.25) is 0 Å². The first-order valence-corrected chi connectivity index (χ1v) is 9.54. The molecular formula is C15H15F3N4OS2. The molecule has 3 aromatic rings. The second-order valence-corrected chi connectivity index (χ2v) is 7.91. The zero-order valence-electron chi connectivity index (χ0n) is 13.1. The maximum Gasteiger partial charge on any atom is 0.401 e. The number of halogens is 3. The molecule has 4 rings (SSSR count). The highest BCUT2D eigenvalue weighted by molar-refractivity contribution is 7.21. The van der Waals surface area contributed by atoms with Crippen LogP contribution in [0.3, 0.4) is 0 Å². The van der Waals surface area contributed by atoms with Crippen molar-refractivity contribution in [3.63, 3.8) is 0 Å². The van der Waals surface area contributed by atoms with Crippen molar-refractivity contribution in [1.82, 2.24) is 19.2 Å². The third-order valence-electron chi connectivity index (χ3n) is 4.23. The number of hydrogen-bond donors (Lipinski definition) is 0. The number of carbonyl (C=O) groups excluding carboxylic acids is 1. The summed E-state index contributed by atoms with van der Waals surface area (Å²) < 4.78 is 39.6. The zero-order valence-corrected chi connectivity index (χ0v) is 14.8. The van der Waals surface area contributed by atoms with Crippen molar-refractivity contribution in [2.24, 2.45) is 0 Å². The minimum Gasteiger partial charge on any atom is -0.337 e.